The number of ether oxygens (including phenoxy) is 1. The largest absolute Gasteiger partial charge is 0.466 e. The average molecular weight is 316 g/mol. The van der Waals surface area contributed by atoms with Crippen LogP contribution in [0, 0.1) is 5.92 Å². The SMILES string of the molecule is CCOC(=O)C1CCN(c2cc3ncc(=O)[nH]c3cc2N)CC1. The van der Waals surface area contributed by atoms with Gasteiger partial charge in [0.1, 0.15) is 0 Å². The predicted molar refractivity (Wildman–Crippen MR) is 88.3 cm³/mol. The summed E-state index contributed by atoms with van der Waals surface area (Å²) in [6.45, 7) is 3.71. The zero-order valence-electron chi connectivity index (χ0n) is 13.0. The average Bonchev–Trinajstić information content (AvgIpc) is 2.54. The molecule has 122 valence electrons. The number of fused-ring (bicyclic) bond motifs is 1. The zero-order valence-corrected chi connectivity index (χ0v) is 13.0. The molecule has 1 aromatic heterocycles. The fourth-order valence-electron chi connectivity index (χ4n) is 2.98. The summed E-state index contributed by atoms with van der Waals surface area (Å²) in [7, 11) is 0. The molecular formula is C16H20N4O3. The Kier molecular flexibility index (Phi) is 4.18. The molecule has 0 unspecified atom stereocenters. The summed E-state index contributed by atoms with van der Waals surface area (Å²) in [5.41, 5.74) is 8.68. The standard InChI is InChI=1S/C16H20N4O3/c1-2-23-16(22)10-3-5-20(6-4-10)14-8-12-13(7-11(14)17)19-15(21)9-18-12/h7-10H,2-6,17H2,1H3,(H,19,21). The van der Waals surface area contributed by atoms with Gasteiger partial charge in [0.2, 0.25) is 0 Å². The van der Waals surface area contributed by atoms with Crippen LogP contribution in [0.15, 0.2) is 23.1 Å². The number of benzene rings is 1. The first kappa shape index (κ1) is 15.3. The fourth-order valence-corrected chi connectivity index (χ4v) is 2.98. The second kappa shape index (κ2) is 6.28. The molecule has 0 aliphatic carbocycles. The molecular weight excluding hydrogens is 296 g/mol. The van der Waals surface area contributed by atoms with E-state index in [9.17, 15) is 9.59 Å². The lowest BCUT2D eigenvalue weighted by Crippen LogP contribution is -2.37. The Balaban J connectivity index is 1.79. The fraction of sp³-hybridized carbons (Fsp3) is 0.438. The Bertz CT molecular complexity index is 778. The minimum Gasteiger partial charge on any atom is -0.466 e. The van der Waals surface area contributed by atoms with Crippen LogP contribution in [-0.4, -0.2) is 35.6 Å². The third kappa shape index (κ3) is 3.13. The van der Waals surface area contributed by atoms with Gasteiger partial charge in [0.15, 0.2) is 0 Å². The topological polar surface area (TPSA) is 101 Å². The van der Waals surface area contributed by atoms with Crippen LogP contribution in [0.1, 0.15) is 19.8 Å². The minimum atomic E-state index is -0.250. The van der Waals surface area contributed by atoms with Crippen molar-refractivity contribution in [3.63, 3.8) is 0 Å². The number of hydrogen-bond acceptors (Lipinski definition) is 6. The maximum atomic E-state index is 11.8. The number of hydrogen-bond donors (Lipinski definition) is 2. The second-order valence-corrected chi connectivity index (χ2v) is 5.69. The number of aromatic nitrogens is 2. The number of esters is 1. The highest BCUT2D eigenvalue weighted by atomic mass is 16.5. The monoisotopic (exact) mass is 316 g/mol. The van der Waals surface area contributed by atoms with E-state index in [1.165, 1.54) is 6.20 Å². The predicted octanol–water partition coefficient (Wildman–Crippen LogP) is 1.28. The first-order chi connectivity index (χ1) is 11.1. The first-order valence-electron chi connectivity index (χ1n) is 7.78. The summed E-state index contributed by atoms with van der Waals surface area (Å²) in [6, 6.07) is 3.61. The Morgan fingerprint density at radius 2 is 2.17 bits per heavy atom. The number of carbonyl (C=O) groups is 1. The normalized spacial score (nSPS) is 15.8. The van der Waals surface area contributed by atoms with Crippen molar-refractivity contribution in [2.45, 2.75) is 19.8 Å². The van der Waals surface area contributed by atoms with Gasteiger partial charge in [-0.3, -0.25) is 9.59 Å². The molecule has 23 heavy (non-hydrogen) atoms. The molecule has 2 aromatic rings. The van der Waals surface area contributed by atoms with Crippen molar-refractivity contribution in [3.8, 4) is 0 Å². The van der Waals surface area contributed by atoms with E-state index >= 15 is 0 Å². The van der Waals surface area contributed by atoms with E-state index < -0.39 is 0 Å². The van der Waals surface area contributed by atoms with Crippen LogP contribution in [-0.2, 0) is 9.53 Å². The van der Waals surface area contributed by atoms with Crippen LogP contribution in [0.2, 0.25) is 0 Å². The van der Waals surface area contributed by atoms with Crippen molar-refractivity contribution in [1.29, 1.82) is 0 Å². The van der Waals surface area contributed by atoms with E-state index in [2.05, 4.69) is 14.9 Å². The van der Waals surface area contributed by atoms with Gasteiger partial charge in [0.05, 0.1) is 41.1 Å². The molecule has 0 saturated carbocycles. The third-order valence-electron chi connectivity index (χ3n) is 4.18. The highest BCUT2D eigenvalue weighted by molar-refractivity contribution is 5.86. The lowest BCUT2D eigenvalue weighted by Gasteiger charge is -2.33. The number of nitrogens with two attached hydrogens (primary N) is 1. The summed E-state index contributed by atoms with van der Waals surface area (Å²) in [5, 5.41) is 0. The Labute approximate surface area is 133 Å². The van der Waals surface area contributed by atoms with E-state index in [-0.39, 0.29) is 17.4 Å². The Morgan fingerprint density at radius 3 is 2.87 bits per heavy atom. The first-order valence-corrected chi connectivity index (χ1v) is 7.78. The summed E-state index contributed by atoms with van der Waals surface area (Å²) in [4.78, 5) is 32.1. The van der Waals surface area contributed by atoms with Crippen LogP contribution >= 0.6 is 0 Å². The highest BCUT2D eigenvalue weighted by Gasteiger charge is 2.27. The van der Waals surface area contributed by atoms with Gasteiger partial charge in [-0.15, -0.1) is 0 Å². The zero-order chi connectivity index (χ0) is 16.4. The van der Waals surface area contributed by atoms with Gasteiger partial charge in [-0.25, -0.2) is 4.98 Å². The Morgan fingerprint density at radius 1 is 1.43 bits per heavy atom. The number of nitrogen functional groups attached to an aromatic ring is 1. The number of rotatable bonds is 3. The quantitative estimate of drug-likeness (QED) is 0.653. The lowest BCUT2D eigenvalue weighted by molar-refractivity contribution is -0.148. The molecule has 1 aliphatic heterocycles. The van der Waals surface area contributed by atoms with Gasteiger partial charge in [-0.05, 0) is 31.9 Å². The molecule has 3 N–H and O–H groups in total. The van der Waals surface area contributed by atoms with Gasteiger partial charge in [-0.1, -0.05) is 0 Å². The molecule has 1 aromatic carbocycles. The van der Waals surface area contributed by atoms with Crippen molar-refractivity contribution < 1.29 is 9.53 Å². The second-order valence-electron chi connectivity index (χ2n) is 5.69. The van der Waals surface area contributed by atoms with Gasteiger partial charge < -0.3 is 20.4 Å². The third-order valence-corrected chi connectivity index (χ3v) is 4.18. The lowest BCUT2D eigenvalue weighted by atomic mass is 9.96. The number of nitrogens with zero attached hydrogens (tertiary/aromatic N) is 2. The number of nitrogens with one attached hydrogen (secondary N) is 1. The summed E-state index contributed by atoms with van der Waals surface area (Å²) in [5.74, 6) is -0.153. The maximum Gasteiger partial charge on any atom is 0.309 e. The molecule has 0 spiro atoms. The number of H-pyrrole nitrogens is 1. The summed E-state index contributed by atoms with van der Waals surface area (Å²) >= 11 is 0. The van der Waals surface area contributed by atoms with Crippen LogP contribution in [0.5, 0.6) is 0 Å². The molecule has 1 saturated heterocycles. The van der Waals surface area contributed by atoms with E-state index in [4.69, 9.17) is 10.5 Å². The molecule has 0 atom stereocenters. The van der Waals surface area contributed by atoms with E-state index in [0.717, 1.165) is 31.6 Å². The van der Waals surface area contributed by atoms with Gasteiger partial charge in [-0.2, -0.15) is 0 Å². The molecule has 0 radical (unpaired) electrons. The molecule has 0 amide bonds. The summed E-state index contributed by atoms with van der Waals surface area (Å²) in [6.07, 6.45) is 2.75. The van der Waals surface area contributed by atoms with Gasteiger partial charge in [0, 0.05) is 13.1 Å². The van der Waals surface area contributed by atoms with E-state index in [1.807, 2.05) is 13.0 Å². The molecule has 1 aliphatic rings. The van der Waals surface area contributed by atoms with E-state index in [0.29, 0.717) is 23.3 Å². The van der Waals surface area contributed by atoms with Crippen LogP contribution in [0.25, 0.3) is 11.0 Å². The maximum absolute atomic E-state index is 11.8. The molecule has 7 nitrogen and oxygen atoms in total. The van der Waals surface area contributed by atoms with Gasteiger partial charge >= 0.3 is 5.97 Å². The van der Waals surface area contributed by atoms with Crippen LogP contribution < -0.4 is 16.2 Å². The van der Waals surface area contributed by atoms with Crippen molar-refractivity contribution in [3.05, 3.63) is 28.7 Å². The molecule has 2 heterocycles. The number of carbonyl (C=O) groups excluding carboxylic acids is 1. The number of anilines is 2. The molecule has 1 fully saturated rings. The van der Waals surface area contributed by atoms with E-state index in [1.54, 1.807) is 6.07 Å². The van der Waals surface area contributed by atoms with Crippen LogP contribution in [0.4, 0.5) is 11.4 Å². The number of aromatic amines is 1. The van der Waals surface area contributed by atoms with Crippen molar-refractivity contribution in [2.75, 3.05) is 30.3 Å². The molecule has 0 bridgehead atoms. The molecule has 7 heteroatoms. The van der Waals surface area contributed by atoms with Gasteiger partial charge in [0.25, 0.3) is 5.56 Å². The minimum absolute atomic E-state index is 0.0395. The van der Waals surface area contributed by atoms with Crippen LogP contribution in [0.3, 0.4) is 0 Å². The highest BCUT2D eigenvalue weighted by Crippen LogP contribution is 2.30. The smallest absolute Gasteiger partial charge is 0.309 e. The molecule has 3 rings (SSSR count). The Hall–Kier alpha value is -2.57. The van der Waals surface area contributed by atoms with Crippen molar-refractivity contribution in [1.82, 2.24) is 9.97 Å². The summed E-state index contributed by atoms with van der Waals surface area (Å²) < 4.78 is 5.09. The number of piperidine rings is 1. The van der Waals surface area contributed by atoms with Crippen molar-refractivity contribution in [2.24, 2.45) is 5.92 Å². The van der Waals surface area contributed by atoms with Crippen molar-refractivity contribution >= 4 is 28.4 Å².